The van der Waals surface area contributed by atoms with Gasteiger partial charge >= 0.3 is 0 Å². The minimum atomic E-state index is -0.416. The summed E-state index contributed by atoms with van der Waals surface area (Å²) in [6.07, 6.45) is 1.25. The molecule has 1 unspecified atom stereocenters. The first-order valence-corrected chi connectivity index (χ1v) is 7.73. The van der Waals surface area contributed by atoms with Crippen molar-refractivity contribution >= 4 is 22.2 Å². The molecule has 3 heteroatoms. The Morgan fingerprint density at radius 3 is 2.90 bits per heavy atom. The summed E-state index contributed by atoms with van der Waals surface area (Å²) >= 11 is 1.70. The lowest BCUT2D eigenvalue weighted by Gasteiger charge is -2.11. The third kappa shape index (κ3) is 2.89. The zero-order valence-corrected chi connectivity index (χ0v) is 12.2. The highest BCUT2D eigenvalue weighted by molar-refractivity contribution is 7.07. The molecule has 20 heavy (non-hydrogen) atoms. The molecule has 1 aromatic carbocycles. The zero-order valence-electron chi connectivity index (χ0n) is 11.4. The Morgan fingerprint density at radius 1 is 1.20 bits per heavy atom. The van der Waals surface area contributed by atoms with Crippen molar-refractivity contribution in [2.45, 2.75) is 25.9 Å². The van der Waals surface area contributed by atoms with E-state index in [9.17, 15) is 5.11 Å². The second-order valence-electron chi connectivity index (χ2n) is 5.09. The molecule has 0 fully saturated rings. The van der Waals surface area contributed by atoms with E-state index in [2.05, 4.69) is 27.9 Å². The lowest BCUT2D eigenvalue weighted by Crippen LogP contribution is -1.99. The monoisotopic (exact) mass is 283 g/mol. The quantitative estimate of drug-likeness (QED) is 0.775. The highest BCUT2D eigenvalue weighted by Crippen LogP contribution is 2.23. The van der Waals surface area contributed by atoms with Gasteiger partial charge in [-0.25, -0.2) is 0 Å². The number of benzene rings is 1. The maximum absolute atomic E-state index is 10.3. The predicted octanol–water partition coefficient (Wildman–Crippen LogP) is 4.27. The summed E-state index contributed by atoms with van der Waals surface area (Å²) in [4.78, 5) is 4.48. The number of nitrogens with zero attached hydrogens (tertiary/aromatic N) is 1. The Labute approximate surface area is 122 Å². The maximum Gasteiger partial charge on any atom is 0.0793 e. The average molecular weight is 283 g/mol. The van der Waals surface area contributed by atoms with E-state index in [4.69, 9.17) is 0 Å². The van der Waals surface area contributed by atoms with Crippen LogP contribution in [-0.4, -0.2) is 10.1 Å². The average Bonchev–Trinajstić information content (AvgIpc) is 2.97. The van der Waals surface area contributed by atoms with Gasteiger partial charge in [-0.3, -0.25) is 4.98 Å². The maximum atomic E-state index is 10.3. The SMILES string of the molecule is Cc1ccc2cc(C(O)CCc3ccsc3)ccc2n1. The van der Waals surface area contributed by atoms with Crippen LogP contribution in [0.5, 0.6) is 0 Å². The summed E-state index contributed by atoms with van der Waals surface area (Å²) in [6, 6.07) is 12.2. The molecule has 102 valence electrons. The number of aryl methyl sites for hydroxylation is 2. The van der Waals surface area contributed by atoms with Gasteiger partial charge in [-0.15, -0.1) is 0 Å². The van der Waals surface area contributed by atoms with Gasteiger partial charge in [-0.1, -0.05) is 12.1 Å². The Hall–Kier alpha value is -1.71. The van der Waals surface area contributed by atoms with E-state index < -0.39 is 6.10 Å². The molecule has 2 aromatic heterocycles. The van der Waals surface area contributed by atoms with Crippen molar-refractivity contribution in [2.24, 2.45) is 0 Å². The van der Waals surface area contributed by atoms with Crippen LogP contribution in [0, 0.1) is 6.92 Å². The molecule has 2 heterocycles. The predicted molar refractivity (Wildman–Crippen MR) is 84.1 cm³/mol. The summed E-state index contributed by atoms with van der Waals surface area (Å²) in [6.45, 7) is 1.99. The molecule has 0 aliphatic heterocycles. The van der Waals surface area contributed by atoms with Gasteiger partial charge < -0.3 is 5.11 Å². The summed E-state index contributed by atoms with van der Waals surface area (Å²) in [7, 11) is 0. The highest BCUT2D eigenvalue weighted by Gasteiger charge is 2.09. The lowest BCUT2D eigenvalue weighted by atomic mass is 10.0. The van der Waals surface area contributed by atoms with Crippen molar-refractivity contribution in [3.8, 4) is 0 Å². The number of aliphatic hydroxyl groups excluding tert-OH is 1. The lowest BCUT2D eigenvalue weighted by molar-refractivity contribution is 0.168. The summed E-state index contributed by atoms with van der Waals surface area (Å²) in [5.74, 6) is 0. The van der Waals surface area contributed by atoms with Crippen molar-refractivity contribution in [3.63, 3.8) is 0 Å². The van der Waals surface area contributed by atoms with Crippen LogP contribution in [-0.2, 0) is 6.42 Å². The Morgan fingerprint density at radius 2 is 2.10 bits per heavy atom. The number of aromatic nitrogens is 1. The summed E-state index contributed by atoms with van der Waals surface area (Å²) in [5, 5.41) is 15.6. The fraction of sp³-hybridized carbons (Fsp3) is 0.235. The molecule has 2 nitrogen and oxygen atoms in total. The van der Waals surface area contributed by atoms with Crippen molar-refractivity contribution in [3.05, 3.63) is 64.0 Å². The van der Waals surface area contributed by atoms with Crippen LogP contribution >= 0.6 is 11.3 Å². The van der Waals surface area contributed by atoms with Gasteiger partial charge in [-0.05, 0) is 65.9 Å². The molecule has 3 aromatic rings. The van der Waals surface area contributed by atoms with Gasteiger partial charge in [-0.2, -0.15) is 11.3 Å². The molecular weight excluding hydrogens is 266 g/mol. The Kier molecular flexibility index (Phi) is 3.81. The van der Waals surface area contributed by atoms with Crippen LogP contribution in [0.2, 0.25) is 0 Å². The van der Waals surface area contributed by atoms with Gasteiger partial charge in [0.05, 0.1) is 11.6 Å². The topological polar surface area (TPSA) is 33.1 Å². The molecule has 0 bridgehead atoms. The Balaban J connectivity index is 1.77. The second kappa shape index (κ2) is 5.73. The van der Waals surface area contributed by atoms with Gasteiger partial charge in [0.25, 0.3) is 0 Å². The zero-order chi connectivity index (χ0) is 13.9. The van der Waals surface area contributed by atoms with E-state index in [1.54, 1.807) is 11.3 Å². The van der Waals surface area contributed by atoms with Crippen LogP contribution in [0.1, 0.15) is 29.3 Å². The molecule has 1 N–H and O–H groups in total. The third-order valence-corrected chi connectivity index (χ3v) is 4.26. The van der Waals surface area contributed by atoms with Gasteiger partial charge in [0, 0.05) is 11.1 Å². The molecule has 0 saturated heterocycles. The standard InChI is InChI=1S/C17H17NOS/c1-12-2-4-14-10-15(5-6-16(14)18-12)17(19)7-3-13-8-9-20-11-13/h2,4-6,8-11,17,19H,3,7H2,1H3. The molecule has 1 atom stereocenters. The summed E-state index contributed by atoms with van der Waals surface area (Å²) in [5.41, 5.74) is 4.27. The van der Waals surface area contributed by atoms with Crippen LogP contribution in [0.15, 0.2) is 47.2 Å². The van der Waals surface area contributed by atoms with Gasteiger partial charge in [0.15, 0.2) is 0 Å². The number of aliphatic hydroxyl groups is 1. The normalized spacial score (nSPS) is 12.7. The second-order valence-corrected chi connectivity index (χ2v) is 5.87. The van der Waals surface area contributed by atoms with E-state index in [0.717, 1.165) is 35.0 Å². The first-order chi connectivity index (χ1) is 9.72. The van der Waals surface area contributed by atoms with E-state index in [-0.39, 0.29) is 0 Å². The van der Waals surface area contributed by atoms with E-state index in [1.165, 1.54) is 5.56 Å². The number of fused-ring (bicyclic) bond motifs is 1. The first-order valence-electron chi connectivity index (χ1n) is 6.79. The summed E-state index contributed by atoms with van der Waals surface area (Å²) < 4.78 is 0. The minimum Gasteiger partial charge on any atom is -0.388 e. The van der Waals surface area contributed by atoms with Crippen LogP contribution in [0.4, 0.5) is 0 Å². The number of rotatable bonds is 4. The number of hydrogen-bond acceptors (Lipinski definition) is 3. The minimum absolute atomic E-state index is 0.416. The molecule has 0 amide bonds. The largest absolute Gasteiger partial charge is 0.388 e. The van der Waals surface area contributed by atoms with Crippen molar-refractivity contribution < 1.29 is 5.11 Å². The fourth-order valence-electron chi connectivity index (χ4n) is 2.36. The van der Waals surface area contributed by atoms with E-state index >= 15 is 0 Å². The first kappa shape index (κ1) is 13.3. The molecule has 0 radical (unpaired) electrons. The van der Waals surface area contributed by atoms with Gasteiger partial charge in [0.1, 0.15) is 0 Å². The number of hydrogen-bond donors (Lipinski definition) is 1. The van der Waals surface area contributed by atoms with Crippen molar-refractivity contribution in [2.75, 3.05) is 0 Å². The molecule has 0 saturated carbocycles. The molecular formula is C17H17NOS. The highest BCUT2D eigenvalue weighted by atomic mass is 32.1. The van der Waals surface area contributed by atoms with Crippen LogP contribution in [0.3, 0.4) is 0 Å². The number of thiophene rings is 1. The van der Waals surface area contributed by atoms with Crippen molar-refractivity contribution in [1.29, 1.82) is 0 Å². The fourth-order valence-corrected chi connectivity index (χ4v) is 3.06. The third-order valence-electron chi connectivity index (χ3n) is 3.52. The molecule has 0 aliphatic rings. The van der Waals surface area contributed by atoms with Crippen LogP contribution < -0.4 is 0 Å². The van der Waals surface area contributed by atoms with Crippen LogP contribution in [0.25, 0.3) is 10.9 Å². The van der Waals surface area contributed by atoms with E-state index in [0.29, 0.717) is 0 Å². The number of pyridine rings is 1. The smallest absolute Gasteiger partial charge is 0.0793 e. The molecule has 3 rings (SSSR count). The van der Waals surface area contributed by atoms with Gasteiger partial charge in [0.2, 0.25) is 0 Å². The van der Waals surface area contributed by atoms with Crippen molar-refractivity contribution in [1.82, 2.24) is 4.98 Å². The molecule has 0 aliphatic carbocycles. The van der Waals surface area contributed by atoms with E-state index in [1.807, 2.05) is 31.2 Å². The Bertz CT molecular complexity index is 706. The molecule has 0 spiro atoms.